The molecule has 6 nitrogen and oxygen atoms in total. The number of rotatable bonds is 5. The molecule has 4 rings (SSSR count). The molecule has 0 N–H and O–H groups in total. The van der Waals surface area contributed by atoms with Crippen LogP contribution in [0.15, 0.2) is 48.6 Å². The number of Topliss-reactive ketones (excluding diaryl/α,β-unsaturated/α-hetero) is 1. The molecule has 0 aliphatic carbocycles. The Hall–Kier alpha value is -3.26. The molecule has 3 aromatic rings. The molecule has 9 heteroatoms. The standard InChI is InChI=1S/C22H18ClF2N5O/c1-13-4-7-30(22-21(23)26-5-6-27-22)12-17(13)19-11-28-15(10-29-19)9-20(31)16-3-2-14(24)8-18(16)25/h2-3,5-6,8,10-11H,4,7,9,12H2,1H3. The number of aromatic nitrogens is 4. The van der Waals surface area contributed by atoms with Crippen molar-refractivity contribution in [3.63, 3.8) is 0 Å². The Morgan fingerprint density at radius 1 is 1.13 bits per heavy atom. The summed E-state index contributed by atoms with van der Waals surface area (Å²) in [5, 5.41) is 0.342. The number of anilines is 1. The molecule has 0 saturated heterocycles. The Morgan fingerprint density at radius 2 is 1.94 bits per heavy atom. The molecule has 1 aliphatic rings. The van der Waals surface area contributed by atoms with Gasteiger partial charge in [0.2, 0.25) is 0 Å². The number of hydrogen-bond donors (Lipinski definition) is 0. The Balaban J connectivity index is 1.50. The van der Waals surface area contributed by atoms with Crippen LogP contribution >= 0.6 is 11.6 Å². The molecule has 0 atom stereocenters. The molecule has 1 aromatic carbocycles. The van der Waals surface area contributed by atoms with E-state index in [0.29, 0.717) is 35.0 Å². The van der Waals surface area contributed by atoms with Crippen LogP contribution in [-0.4, -0.2) is 38.8 Å². The van der Waals surface area contributed by atoms with Crippen LogP contribution in [-0.2, 0) is 6.42 Å². The zero-order valence-electron chi connectivity index (χ0n) is 16.6. The lowest BCUT2D eigenvalue weighted by Crippen LogP contribution is -2.32. The zero-order valence-corrected chi connectivity index (χ0v) is 17.4. The molecule has 158 valence electrons. The first-order valence-corrected chi connectivity index (χ1v) is 10.00. The first-order chi connectivity index (χ1) is 14.9. The van der Waals surface area contributed by atoms with Crippen molar-refractivity contribution in [3.8, 4) is 0 Å². The topological polar surface area (TPSA) is 71.9 Å². The zero-order chi connectivity index (χ0) is 22.0. The molecular weight excluding hydrogens is 424 g/mol. The maximum absolute atomic E-state index is 13.8. The highest BCUT2D eigenvalue weighted by atomic mass is 35.5. The maximum Gasteiger partial charge on any atom is 0.171 e. The van der Waals surface area contributed by atoms with Gasteiger partial charge in [-0.1, -0.05) is 17.2 Å². The molecule has 0 bridgehead atoms. The molecule has 1 aliphatic heterocycles. The van der Waals surface area contributed by atoms with Crippen molar-refractivity contribution in [2.24, 2.45) is 0 Å². The van der Waals surface area contributed by atoms with Gasteiger partial charge in [0.15, 0.2) is 16.8 Å². The molecule has 2 aromatic heterocycles. The minimum Gasteiger partial charge on any atom is -0.349 e. The van der Waals surface area contributed by atoms with E-state index in [2.05, 4.69) is 19.9 Å². The molecular formula is C22H18ClF2N5O. The van der Waals surface area contributed by atoms with Gasteiger partial charge in [-0.2, -0.15) is 0 Å². The summed E-state index contributed by atoms with van der Waals surface area (Å²) in [6.45, 7) is 3.36. The lowest BCUT2D eigenvalue weighted by molar-refractivity contribution is 0.0988. The molecule has 0 unspecified atom stereocenters. The van der Waals surface area contributed by atoms with Gasteiger partial charge in [0.1, 0.15) is 11.6 Å². The van der Waals surface area contributed by atoms with Gasteiger partial charge in [-0.05, 0) is 31.1 Å². The van der Waals surface area contributed by atoms with Gasteiger partial charge in [0, 0.05) is 37.7 Å². The van der Waals surface area contributed by atoms with Gasteiger partial charge in [-0.3, -0.25) is 14.8 Å². The van der Waals surface area contributed by atoms with Crippen LogP contribution in [0.3, 0.4) is 0 Å². The summed E-state index contributed by atoms with van der Waals surface area (Å²) in [6, 6.07) is 2.88. The van der Waals surface area contributed by atoms with Gasteiger partial charge in [-0.15, -0.1) is 0 Å². The third-order valence-electron chi connectivity index (χ3n) is 5.14. The summed E-state index contributed by atoms with van der Waals surface area (Å²) >= 11 is 6.19. The number of benzene rings is 1. The van der Waals surface area contributed by atoms with E-state index in [4.69, 9.17) is 11.6 Å². The van der Waals surface area contributed by atoms with Crippen LogP contribution in [0, 0.1) is 11.6 Å². The van der Waals surface area contributed by atoms with Gasteiger partial charge in [0.05, 0.1) is 29.6 Å². The molecule has 3 heterocycles. The van der Waals surface area contributed by atoms with Crippen LogP contribution in [0.4, 0.5) is 14.6 Å². The first kappa shape index (κ1) is 21.0. The molecule has 0 spiro atoms. The highest BCUT2D eigenvalue weighted by Crippen LogP contribution is 2.30. The number of halogens is 3. The second kappa shape index (κ2) is 8.85. The van der Waals surface area contributed by atoms with E-state index in [1.165, 1.54) is 11.8 Å². The Kier molecular flexibility index (Phi) is 5.99. The quantitative estimate of drug-likeness (QED) is 0.549. The van der Waals surface area contributed by atoms with Crippen molar-refractivity contribution < 1.29 is 13.6 Å². The molecule has 31 heavy (non-hydrogen) atoms. The third kappa shape index (κ3) is 4.59. The van der Waals surface area contributed by atoms with Crippen LogP contribution in [0.2, 0.25) is 5.15 Å². The molecule has 0 amide bonds. The number of nitrogens with zero attached hydrogens (tertiary/aromatic N) is 5. The predicted molar refractivity (Wildman–Crippen MR) is 113 cm³/mol. The molecule has 0 fully saturated rings. The average molecular weight is 442 g/mol. The van der Waals surface area contributed by atoms with Crippen molar-refractivity contribution in [1.82, 2.24) is 19.9 Å². The number of carbonyl (C=O) groups excluding carboxylic acids is 1. The van der Waals surface area contributed by atoms with Crippen molar-refractivity contribution >= 4 is 28.8 Å². The fourth-order valence-electron chi connectivity index (χ4n) is 3.44. The second-order valence-corrected chi connectivity index (χ2v) is 7.58. The summed E-state index contributed by atoms with van der Waals surface area (Å²) in [5.74, 6) is -1.49. The highest BCUT2D eigenvalue weighted by Gasteiger charge is 2.22. The summed E-state index contributed by atoms with van der Waals surface area (Å²) in [4.78, 5) is 31.6. The third-order valence-corrected chi connectivity index (χ3v) is 5.41. The monoisotopic (exact) mass is 441 g/mol. The van der Waals surface area contributed by atoms with Gasteiger partial charge in [-0.25, -0.2) is 18.7 Å². The fraction of sp³-hybridized carbons (Fsp3) is 0.227. The van der Waals surface area contributed by atoms with Crippen molar-refractivity contribution in [3.05, 3.63) is 82.3 Å². The van der Waals surface area contributed by atoms with Crippen molar-refractivity contribution in [1.29, 1.82) is 0 Å². The normalized spacial score (nSPS) is 14.1. The largest absolute Gasteiger partial charge is 0.349 e. The van der Waals surface area contributed by atoms with Gasteiger partial charge < -0.3 is 4.90 Å². The van der Waals surface area contributed by atoms with Gasteiger partial charge >= 0.3 is 0 Å². The van der Waals surface area contributed by atoms with Gasteiger partial charge in [0.25, 0.3) is 0 Å². The van der Waals surface area contributed by atoms with Crippen LogP contribution < -0.4 is 4.90 Å². The minimum absolute atomic E-state index is 0.130. The summed E-state index contributed by atoms with van der Waals surface area (Å²) in [6.07, 6.45) is 6.93. The second-order valence-electron chi connectivity index (χ2n) is 7.22. The molecule has 0 saturated carbocycles. The van der Waals surface area contributed by atoms with E-state index in [-0.39, 0.29) is 12.0 Å². The lowest BCUT2D eigenvalue weighted by Gasteiger charge is -2.30. The van der Waals surface area contributed by atoms with E-state index in [1.54, 1.807) is 18.6 Å². The minimum atomic E-state index is -0.889. The Labute approximate surface area is 182 Å². The van der Waals surface area contributed by atoms with Crippen LogP contribution in [0.1, 0.15) is 35.1 Å². The number of ketones is 1. The van der Waals surface area contributed by atoms with E-state index in [9.17, 15) is 13.6 Å². The van der Waals surface area contributed by atoms with Crippen molar-refractivity contribution in [2.45, 2.75) is 19.8 Å². The van der Waals surface area contributed by atoms with E-state index in [0.717, 1.165) is 30.7 Å². The molecule has 0 radical (unpaired) electrons. The van der Waals surface area contributed by atoms with E-state index in [1.807, 2.05) is 11.8 Å². The Morgan fingerprint density at radius 3 is 2.65 bits per heavy atom. The van der Waals surface area contributed by atoms with Crippen LogP contribution in [0.25, 0.3) is 5.57 Å². The smallest absolute Gasteiger partial charge is 0.171 e. The van der Waals surface area contributed by atoms with Crippen molar-refractivity contribution in [2.75, 3.05) is 18.0 Å². The van der Waals surface area contributed by atoms with Crippen LogP contribution in [0.5, 0.6) is 0 Å². The number of carbonyl (C=O) groups is 1. The summed E-state index contributed by atoms with van der Waals surface area (Å²) in [7, 11) is 0. The summed E-state index contributed by atoms with van der Waals surface area (Å²) in [5.41, 5.74) is 3.10. The lowest BCUT2D eigenvalue weighted by atomic mass is 9.99. The fourth-order valence-corrected chi connectivity index (χ4v) is 3.67. The number of hydrogen-bond acceptors (Lipinski definition) is 6. The highest BCUT2D eigenvalue weighted by molar-refractivity contribution is 6.31. The predicted octanol–water partition coefficient (Wildman–Crippen LogP) is 4.31. The maximum atomic E-state index is 13.8. The SMILES string of the molecule is CC1=C(c2cnc(CC(=O)c3ccc(F)cc3F)cn2)CN(c2nccnc2Cl)CC1. The summed E-state index contributed by atoms with van der Waals surface area (Å²) < 4.78 is 26.9. The first-order valence-electron chi connectivity index (χ1n) is 9.62. The Bertz CT molecular complexity index is 1170. The average Bonchev–Trinajstić information content (AvgIpc) is 2.75. The van der Waals surface area contributed by atoms with E-state index < -0.39 is 17.4 Å². The van der Waals surface area contributed by atoms with E-state index >= 15 is 0 Å².